The first-order valence-corrected chi connectivity index (χ1v) is 9.35. The third-order valence-electron chi connectivity index (χ3n) is 4.70. The van der Waals surface area contributed by atoms with E-state index in [2.05, 4.69) is 32.9 Å². The van der Waals surface area contributed by atoms with Gasteiger partial charge in [0, 0.05) is 11.1 Å². The van der Waals surface area contributed by atoms with Gasteiger partial charge in [0.2, 0.25) is 0 Å². The predicted octanol–water partition coefficient (Wildman–Crippen LogP) is 5.89. The van der Waals surface area contributed by atoms with Gasteiger partial charge in [-0.3, -0.25) is 4.79 Å². The van der Waals surface area contributed by atoms with Crippen LogP contribution in [0.15, 0.2) is 34.9 Å². The van der Waals surface area contributed by atoms with Crippen LogP contribution in [-0.4, -0.2) is 21.6 Å². The van der Waals surface area contributed by atoms with Gasteiger partial charge >= 0.3 is 0 Å². The number of carbonyl (C=O) groups excluding carboxylic acids is 1. The summed E-state index contributed by atoms with van der Waals surface area (Å²) in [7, 11) is 0. The van der Waals surface area contributed by atoms with Gasteiger partial charge in [0.25, 0.3) is 0 Å². The summed E-state index contributed by atoms with van der Waals surface area (Å²) in [5, 5.41) is 30.1. The van der Waals surface area contributed by atoms with Crippen molar-refractivity contribution in [3.8, 4) is 17.2 Å². The third kappa shape index (κ3) is 6.63. The number of rotatable bonds is 9. The van der Waals surface area contributed by atoms with E-state index >= 15 is 0 Å². The molecule has 0 heterocycles. The number of aromatic hydroxyl groups is 3. The molecule has 0 fully saturated rings. The Hall–Kier alpha value is -2.49. The number of hydrogen-bond acceptors (Lipinski definition) is 4. The largest absolute Gasteiger partial charge is 0.507 e. The molecule has 0 saturated heterocycles. The highest BCUT2D eigenvalue weighted by molar-refractivity contribution is 5.85. The van der Waals surface area contributed by atoms with E-state index in [1.54, 1.807) is 0 Å². The summed E-state index contributed by atoms with van der Waals surface area (Å²) in [5.41, 5.74) is 4.22. The molecule has 0 aromatic heterocycles. The minimum Gasteiger partial charge on any atom is -0.507 e. The molecule has 0 aliphatic rings. The van der Waals surface area contributed by atoms with Gasteiger partial charge in [0.05, 0.1) is 5.56 Å². The summed E-state index contributed by atoms with van der Waals surface area (Å²) in [6.45, 7) is 9.81. The molecule has 0 amide bonds. The molecular formula is C23H32O4. The van der Waals surface area contributed by atoms with E-state index in [4.69, 9.17) is 0 Å². The van der Waals surface area contributed by atoms with Gasteiger partial charge in [0.1, 0.15) is 5.75 Å². The first-order chi connectivity index (χ1) is 12.7. The van der Waals surface area contributed by atoms with Crippen LogP contribution in [0.2, 0.25) is 0 Å². The van der Waals surface area contributed by atoms with E-state index in [1.807, 2.05) is 13.0 Å². The average Bonchev–Trinajstić information content (AvgIpc) is 2.61. The number of allylic oxidation sites excluding steroid dienone is 6. The van der Waals surface area contributed by atoms with Crippen LogP contribution in [0.25, 0.3) is 0 Å². The number of aldehydes is 1. The van der Waals surface area contributed by atoms with Crippen LogP contribution in [0, 0.1) is 6.92 Å². The molecule has 0 unspecified atom stereocenters. The molecule has 1 aromatic carbocycles. The van der Waals surface area contributed by atoms with Gasteiger partial charge in [-0.2, -0.15) is 0 Å². The highest BCUT2D eigenvalue weighted by atomic mass is 16.3. The molecule has 1 rings (SSSR count). The van der Waals surface area contributed by atoms with Crippen LogP contribution in [0.4, 0.5) is 0 Å². The smallest absolute Gasteiger partial charge is 0.164 e. The van der Waals surface area contributed by atoms with Gasteiger partial charge in [-0.05, 0) is 66.7 Å². The molecule has 0 saturated carbocycles. The molecule has 0 atom stereocenters. The Kier molecular flexibility index (Phi) is 8.86. The highest BCUT2D eigenvalue weighted by Crippen LogP contribution is 2.41. The SMILES string of the molecule is CC(C)=CCC/C(C)=C/CC/C(C)=C/Cc1c(O)c(O)c(C)c(O)c1C=O. The van der Waals surface area contributed by atoms with E-state index in [9.17, 15) is 20.1 Å². The van der Waals surface area contributed by atoms with Crippen LogP contribution in [0.1, 0.15) is 74.9 Å². The number of carbonyl (C=O) groups is 1. The van der Waals surface area contributed by atoms with Gasteiger partial charge in [0.15, 0.2) is 17.8 Å². The zero-order valence-electron chi connectivity index (χ0n) is 17.1. The van der Waals surface area contributed by atoms with E-state index < -0.39 is 0 Å². The molecule has 0 bridgehead atoms. The second-order valence-electron chi connectivity index (χ2n) is 7.34. The molecule has 1 aromatic rings. The Bertz CT molecular complexity index is 763. The van der Waals surface area contributed by atoms with Gasteiger partial charge in [-0.25, -0.2) is 0 Å². The van der Waals surface area contributed by atoms with Crippen LogP contribution in [-0.2, 0) is 6.42 Å². The summed E-state index contributed by atoms with van der Waals surface area (Å²) in [4.78, 5) is 11.3. The first-order valence-electron chi connectivity index (χ1n) is 9.35. The number of hydrogen-bond donors (Lipinski definition) is 3. The quantitative estimate of drug-likeness (QED) is 0.219. The molecule has 27 heavy (non-hydrogen) atoms. The predicted molar refractivity (Wildman–Crippen MR) is 111 cm³/mol. The van der Waals surface area contributed by atoms with Gasteiger partial charge in [-0.1, -0.05) is 34.9 Å². The summed E-state index contributed by atoms with van der Waals surface area (Å²) in [5.74, 6) is -1.00. The van der Waals surface area contributed by atoms with Crippen molar-refractivity contribution in [3.05, 3.63) is 51.6 Å². The fraction of sp³-hybridized carbons (Fsp3) is 0.435. The molecular weight excluding hydrogens is 340 g/mol. The normalized spacial score (nSPS) is 12.2. The van der Waals surface area contributed by atoms with Crippen LogP contribution >= 0.6 is 0 Å². The topological polar surface area (TPSA) is 77.8 Å². The monoisotopic (exact) mass is 372 g/mol. The fourth-order valence-electron chi connectivity index (χ4n) is 2.85. The lowest BCUT2D eigenvalue weighted by molar-refractivity contribution is 0.111. The maximum absolute atomic E-state index is 11.3. The van der Waals surface area contributed by atoms with Crippen molar-refractivity contribution < 1.29 is 20.1 Å². The molecule has 4 nitrogen and oxygen atoms in total. The van der Waals surface area contributed by atoms with Crippen molar-refractivity contribution in [1.29, 1.82) is 0 Å². The van der Waals surface area contributed by atoms with Crippen molar-refractivity contribution in [1.82, 2.24) is 0 Å². The van der Waals surface area contributed by atoms with Crippen molar-refractivity contribution in [2.24, 2.45) is 0 Å². The zero-order chi connectivity index (χ0) is 20.6. The lowest BCUT2D eigenvalue weighted by Crippen LogP contribution is -1.97. The Morgan fingerprint density at radius 2 is 1.37 bits per heavy atom. The van der Waals surface area contributed by atoms with Crippen molar-refractivity contribution in [2.45, 2.75) is 66.7 Å². The second kappa shape index (κ2) is 10.6. The molecule has 0 radical (unpaired) electrons. The van der Waals surface area contributed by atoms with E-state index in [1.165, 1.54) is 18.1 Å². The van der Waals surface area contributed by atoms with Crippen molar-refractivity contribution in [2.75, 3.05) is 0 Å². The van der Waals surface area contributed by atoms with Gasteiger partial charge < -0.3 is 15.3 Å². The maximum atomic E-state index is 11.3. The second-order valence-corrected chi connectivity index (χ2v) is 7.34. The molecule has 0 spiro atoms. The Labute approximate surface area is 162 Å². The number of phenols is 3. The Balaban J connectivity index is 2.75. The van der Waals surface area contributed by atoms with Crippen molar-refractivity contribution >= 4 is 6.29 Å². The summed E-state index contributed by atoms with van der Waals surface area (Å²) >= 11 is 0. The van der Waals surface area contributed by atoms with Crippen LogP contribution in [0.5, 0.6) is 17.2 Å². The van der Waals surface area contributed by atoms with Crippen LogP contribution in [0.3, 0.4) is 0 Å². The molecule has 3 N–H and O–H groups in total. The highest BCUT2D eigenvalue weighted by Gasteiger charge is 2.19. The lowest BCUT2D eigenvalue weighted by atomic mass is 9.97. The van der Waals surface area contributed by atoms with Crippen molar-refractivity contribution in [3.63, 3.8) is 0 Å². The minimum absolute atomic E-state index is 0.0295. The standard InChI is InChI=1S/C23H32O4/c1-15(2)8-6-9-16(3)10-7-11-17(4)12-13-19-20(14-24)21(25)18(5)22(26)23(19)27/h8,10,12,14,25-27H,6-7,9,11,13H2,1-5H3/b16-10+,17-12+. The summed E-state index contributed by atoms with van der Waals surface area (Å²) in [6, 6.07) is 0. The minimum atomic E-state index is -0.380. The number of phenolic OH excluding ortho intramolecular Hbond substituents is 3. The van der Waals surface area contributed by atoms with E-state index in [0.29, 0.717) is 6.29 Å². The maximum Gasteiger partial charge on any atom is 0.164 e. The lowest BCUT2D eigenvalue weighted by Gasteiger charge is -2.13. The number of benzene rings is 1. The first kappa shape index (κ1) is 22.6. The molecule has 148 valence electrons. The molecule has 4 heteroatoms. The zero-order valence-corrected chi connectivity index (χ0v) is 17.1. The summed E-state index contributed by atoms with van der Waals surface area (Å²) in [6.07, 6.45) is 11.1. The fourth-order valence-corrected chi connectivity index (χ4v) is 2.85. The molecule has 0 aliphatic heterocycles. The van der Waals surface area contributed by atoms with Crippen LogP contribution < -0.4 is 0 Å². The van der Waals surface area contributed by atoms with E-state index in [-0.39, 0.29) is 40.4 Å². The summed E-state index contributed by atoms with van der Waals surface area (Å²) < 4.78 is 0. The van der Waals surface area contributed by atoms with Gasteiger partial charge in [-0.15, -0.1) is 0 Å². The Morgan fingerprint density at radius 3 is 1.93 bits per heavy atom. The van der Waals surface area contributed by atoms with E-state index in [0.717, 1.165) is 31.3 Å². The Morgan fingerprint density at radius 1 is 0.815 bits per heavy atom. The third-order valence-corrected chi connectivity index (χ3v) is 4.70. The average molecular weight is 373 g/mol. The molecule has 0 aliphatic carbocycles.